The van der Waals surface area contributed by atoms with Crippen molar-refractivity contribution in [3.63, 3.8) is 0 Å². The van der Waals surface area contributed by atoms with Gasteiger partial charge in [0.1, 0.15) is 18.1 Å². The first kappa shape index (κ1) is 15.8. The summed E-state index contributed by atoms with van der Waals surface area (Å²) in [6, 6.07) is 15.1. The number of benzene rings is 2. The Balaban J connectivity index is 0.00000200. The van der Waals surface area contributed by atoms with Crippen LogP contribution in [-0.4, -0.2) is 12.9 Å². The molecule has 0 aliphatic heterocycles. The molecular formula is C17H20O3. The number of carbonyl (C=O) groups is 1. The lowest BCUT2D eigenvalue weighted by molar-refractivity contribution is 0.101. The van der Waals surface area contributed by atoms with E-state index in [-0.39, 0.29) is 13.2 Å². The van der Waals surface area contributed by atoms with Crippen molar-refractivity contribution in [1.82, 2.24) is 0 Å². The van der Waals surface area contributed by atoms with Crippen molar-refractivity contribution in [3.05, 3.63) is 59.7 Å². The fraction of sp³-hybridized carbons (Fsp3) is 0.235. The Morgan fingerprint density at radius 3 is 2.40 bits per heavy atom. The van der Waals surface area contributed by atoms with Crippen molar-refractivity contribution in [1.29, 1.82) is 0 Å². The van der Waals surface area contributed by atoms with E-state index in [9.17, 15) is 4.79 Å². The third kappa shape index (κ3) is 3.85. The quantitative estimate of drug-likeness (QED) is 0.768. The Labute approximate surface area is 120 Å². The molecule has 2 aromatic rings. The zero-order valence-electron chi connectivity index (χ0n) is 11.1. The zero-order valence-corrected chi connectivity index (χ0v) is 11.1. The number of ketones is 1. The van der Waals surface area contributed by atoms with E-state index in [1.165, 1.54) is 6.92 Å². The van der Waals surface area contributed by atoms with E-state index < -0.39 is 0 Å². The van der Waals surface area contributed by atoms with E-state index >= 15 is 0 Å². The maximum absolute atomic E-state index is 11.4. The fourth-order valence-electron chi connectivity index (χ4n) is 1.79. The van der Waals surface area contributed by atoms with Gasteiger partial charge in [0.25, 0.3) is 0 Å². The predicted molar refractivity (Wildman–Crippen MR) is 80.5 cm³/mol. The molecule has 0 atom stereocenters. The average Bonchev–Trinajstić information content (AvgIpc) is 2.45. The number of hydrogen-bond donors (Lipinski definition) is 0. The van der Waals surface area contributed by atoms with Crippen molar-refractivity contribution in [2.24, 2.45) is 0 Å². The van der Waals surface area contributed by atoms with Gasteiger partial charge in [-0.1, -0.05) is 37.8 Å². The summed E-state index contributed by atoms with van der Waals surface area (Å²) in [6.45, 7) is 2.01. The van der Waals surface area contributed by atoms with Crippen LogP contribution >= 0.6 is 0 Å². The van der Waals surface area contributed by atoms with E-state index in [2.05, 4.69) is 0 Å². The third-order valence-electron chi connectivity index (χ3n) is 2.80. The number of hydrogen-bond acceptors (Lipinski definition) is 3. The van der Waals surface area contributed by atoms with Crippen LogP contribution in [0.3, 0.4) is 0 Å². The topological polar surface area (TPSA) is 35.5 Å². The summed E-state index contributed by atoms with van der Waals surface area (Å²) in [5, 5.41) is 0. The molecule has 0 bridgehead atoms. The van der Waals surface area contributed by atoms with Gasteiger partial charge in [0.05, 0.1) is 12.7 Å². The Hall–Kier alpha value is -2.29. The second kappa shape index (κ2) is 7.34. The number of carbonyl (C=O) groups excluding carboxylic acids is 1. The first-order valence-corrected chi connectivity index (χ1v) is 6.06. The Morgan fingerprint density at radius 2 is 1.80 bits per heavy atom. The van der Waals surface area contributed by atoms with Crippen molar-refractivity contribution in [3.8, 4) is 11.5 Å². The summed E-state index contributed by atoms with van der Waals surface area (Å²) >= 11 is 0. The molecular weight excluding hydrogens is 252 g/mol. The molecule has 20 heavy (non-hydrogen) atoms. The minimum Gasteiger partial charge on any atom is -0.496 e. The van der Waals surface area contributed by atoms with Gasteiger partial charge in [0.15, 0.2) is 5.78 Å². The fourth-order valence-corrected chi connectivity index (χ4v) is 1.79. The largest absolute Gasteiger partial charge is 0.496 e. The molecule has 0 aliphatic carbocycles. The van der Waals surface area contributed by atoms with Crippen LogP contribution in [0, 0.1) is 0 Å². The van der Waals surface area contributed by atoms with Crippen molar-refractivity contribution >= 4 is 5.78 Å². The lowest BCUT2D eigenvalue weighted by Crippen LogP contribution is -2.00. The lowest BCUT2D eigenvalue weighted by Gasteiger charge is -2.10. The number of ether oxygens (including phenoxy) is 2. The highest BCUT2D eigenvalue weighted by molar-refractivity contribution is 5.97. The molecule has 0 spiro atoms. The van der Waals surface area contributed by atoms with Crippen LogP contribution in [0.5, 0.6) is 11.5 Å². The Bertz CT molecular complexity index is 562. The van der Waals surface area contributed by atoms with Gasteiger partial charge >= 0.3 is 0 Å². The summed E-state index contributed by atoms with van der Waals surface area (Å²) < 4.78 is 10.9. The summed E-state index contributed by atoms with van der Waals surface area (Å²) in [5.74, 6) is 1.20. The van der Waals surface area contributed by atoms with Crippen molar-refractivity contribution in [2.45, 2.75) is 21.0 Å². The monoisotopic (exact) mass is 272 g/mol. The van der Waals surface area contributed by atoms with E-state index in [0.29, 0.717) is 23.7 Å². The summed E-state index contributed by atoms with van der Waals surface area (Å²) in [4.78, 5) is 11.4. The highest BCUT2D eigenvalue weighted by Gasteiger charge is 2.09. The van der Waals surface area contributed by atoms with Gasteiger partial charge in [0.2, 0.25) is 0 Å². The predicted octanol–water partition coefficient (Wildman–Crippen LogP) is 4.11. The molecule has 0 aromatic heterocycles. The van der Waals surface area contributed by atoms with E-state index in [1.807, 2.05) is 30.3 Å². The van der Waals surface area contributed by atoms with Gasteiger partial charge in [-0.25, -0.2) is 0 Å². The maximum atomic E-state index is 11.4. The number of rotatable bonds is 5. The van der Waals surface area contributed by atoms with Gasteiger partial charge in [-0.3, -0.25) is 4.79 Å². The number of methoxy groups -OCH3 is 1. The van der Waals surface area contributed by atoms with E-state index in [4.69, 9.17) is 9.47 Å². The summed E-state index contributed by atoms with van der Waals surface area (Å²) in [7, 11) is 1.54. The van der Waals surface area contributed by atoms with Gasteiger partial charge in [-0.05, 0) is 24.6 Å². The smallest absolute Gasteiger partial charge is 0.163 e. The zero-order chi connectivity index (χ0) is 13.7. The molecule has 0 unspecified atom stereocenters. The molecule has 0 radical (unpaired) electrons. The average molecular weight is 272 g/mol. The Kier molecular flexibility index (Phi) is 5.78. The third-order valence-corrected chi connectivity index (χ3v) is 2.80. The standard InChI is InChI=1S/C16H16O3.CH4/c1-12(17)15-9-8-14(10-16(15)18-2)19-11-13-6-4-3-5-7-13;/h3-10H,11H2,1-2H3;1H4. The van der Waals surface area contributed by atoms with Crippen molar-refractivity contribution < 1.29 is 14.3 Å². The van der Waals surface area contributed by atoms with E-state index in [0.717, 1.165) is 5.56 Å². The van der Waals surface area contributed by atoms with Crippen LogP contribution < -0.4 is 9.47 Å². The lowest BCUT2D eigenvalue weighted by atomic mass is 10.1. The van der Waals surface area contributed by atoms with Crippen LogP contribution in [0.1, 0.15) is 30.3 Å². The van der Waals surface area contributed by atoms with Gasteiger partial charge < -0.3 is 9.47 Å². The minimum absolute atomic E-state index is 0. The van der Waals surface area contributed by atoms with Crippen LogP contribution in [0.4, 0.5) is 0 Å². The molecule has 3 heteroatoms. The highest BCUT2D eigenvalue weighted by atomic mass is 16.5. The molecule has 0 N–H and O–H groups in total. The SMILES string of the molecule is C.COc1cc(OCc2ccccc2)ccc1C(C)=O. The number of Topliss-reactive ketones (excluding diaryl/α,β-unsaturated/α-hetero) is 1. The van der Waals surface area contributed by atoms with Gasteiger partial charge in [-0.15, -0.1) is 0 Å². The van der Waals surface area contributed by atoms with Crippen LogP contribution in [0.2, 0.25) is 0 Å². The molecule has 0 heterocycles. The van der Waals surface area contributed by atoms with Gasteiger partial charge in [-0.2, -0.15) is 0 Å². The highest BCUT2D eigenvalue weighted by Crippen LogP contribution is 2.25. The second-order valence-electron chi connectivity index (χ2n) is 4.19. The summed E-state index contributed by atoms with van der Waals surface area (Å²) in [5.41, 5.74) is 1.66. The van der Waals surface area contributed by atoms with Crippen LogP contribution in [0.15, 0.2) is 48.5 Å². The first-order chi connectivity index (χ1) is 9.20. The molecule has 0 amide bonds. The molecule has 2 aromatic carbocycles. The molecule has 3 nitrogen and oxygen atoms in total. The molecule has 0 saturated carbocycles. The summed E-state index contributed by atoms with van der Waals surface area (Å²) in [6.07, 6.45) is 0. The van der Waals surface area contributed by atoms with Crippen LogP contribution in [-0.2, 0) is 6.61 Å². The molecule has 106 valence electrons. The first-order valence-electron chi connectivity index (χ1n) is 6.06. The van der Waals surface area contributed by atoms with E-state index in [1.54, 1.807) is 25.3 Å². The Morgan fingerprint density at radius 1 is 1.10 bits per heavy atom. The van der Waals surface area contributed by atoms with Crippen LogP contribution in [0.25, 0.3) is 0 Å². The minimum atomic E-state index is -0.0218. The molecule has 0 aliphatic rings. The molecule has 2 rings (SSSR count). The second-order valence-corrected chi connectivity index (χ2v) is 4.19. The van der Waals surface area contributed by atoms with Crippen molar-refractivity contribution in [2.75, 3.05) is 7.11 Å². The van der Waals surface area contributed by atoms with Gasteiger partial charge in [0, 0.05) is 6.07 Å². The molecule has 0 saturated heterocycles. The molecule has 0 fully saturated rings. The maximum Gasteiger partial charge on any atom is 0.163 e. The normalized spacial score (nSPS) is 9.50.